The lowest BCUT2D eigenvalue weighted by molar-refractivity contribution is 0.322. The molecule has 1 aliphatic carbocycles. The molecule has 1 atom stereocenters. The highest BCUT2D eigenvalue weighted by Crippen LogP contribution is 2.27. The second-order valence-corrected chi connectivity index (χ2v) is 7.33. The Kier molecular flexibility index (Phi) is 9.82. The van der Waals surface area contributed by atoms with Crippen molar-refractivity contribution in [2.24, 2.45) is 18.0 Å². The summed E-state index contributed by atoms with van der Waals surface area (Å²) in [4.78, 5) is 4.37. The molecule has 0 saturated heterocycles. The number of hydrogen-bond donors (Lipinski definition) is 2. The van der Waals surface area contributed by atoms with Crippen molar-refractivity contribution in [3.05, 3.63) is 17.0 Å². The highest BCUT2D eigenvalue weighted by molar-refractivity contribution is 14.0. The molecule has 0 spiro atoms. The van der Waals surface area contributed by atoms with E-state index >= 15 is 0 Å². The smallest absolute Gasteiger partial charge is 0.191 e. The van der Waals surface area contributed by atoms with Gasteiger partial charge in [-0.2, -0.15) is 5.10 Å². The van der Waals surface area contributed by atoms with Crippen LogP contribution in [0.1, 0.15) is 68.8 Å². The Morgan fingerprint density at radius 2 is 1.96 bits per heavy atom. The number of nitrogens with zero attached hydrogens (tertiary/aromatic N) is 3. The van der Waals surface area contributed by atoms with Crippen molar-refractivity contribution >= 4 is 29.9 Å². The van der Waals surface area contributed by atoms with Crippen LogP contribution in [0.3, 0.4) is 0 Å². The van der Waals surface area contributed by atoms with E-state index in [-0.39, 0.29) is 24.0 Å². The average molecular weight is 461 g/mol. The zero-order valence-corrected chi connectivity index (χ0v) is 18.9. The topological polar surface area (TPSA) is 54.2 Å². The van der Waals surface area contributed by atoms with Gasteiger partial charge in [0.2, 0.25) is 0 Å². The molecule has 1 heterocycles. The maximum atomic E-state index is 4.47. The molecular formula is C19H36IN5. The first-order chi connectivity index (χ1) is 11.5. The third kappa shape index (κ3) is 6.79. The fourth-order valence-corrected chi connectivity index (χ4v) is 3.71. The summed E-state index contributed by atoms with van der Waals surface area (Å²) in [6, 6.07) is 0.453. The molecule has 1 fully saturated rings. The predicted molar refractivity (Wildman–Crippen MR) is 117 cm³/mol. The molecule has 0 aromatic carbocycles. The Balaban J connectivity index is 0.00000312. The zero-order chi connectivity index (χ0) is 17.5. The summed E-state index contributed by atoms with van der Waals surface area (Å²) in [5.74, 6) is 1.83. The number of aromatic nitrogens is 2. The molecule has 5 nitrogen and oxygen atoms in total. The van der Waals surface area contributed by atoms with Crippen molar-refractivity contribution in [3.8, 4) is 0 Å². The highest BCUT2D eigenvalue weighted by atomic mass is 127. The van der Waals surface area contributed by atoms with Crippen LogP contribution in [0.5, 0.6) is 0 Å². The summed E-state index contributed by atoms with van der Waals surface area (Å²) in [7, 11) is 3.83. The van der Waals surface area contributed by atoms with Crippen LogP contribution in [0.4, 0.5) is 0 Å². The van der Waals surface area contributed by atoms with Gasteiger partial charge in [-0.25, -0.2) is 0 Å². The van der Waals surface area contributed by atoms with E-state index in [1.54, 1.807) is 0 Å². The minimum atomic E-state index is 0. The van der Waals surface area contributed by atoms with E-state index in [2.05, 4.69) is 41.5 Å². The second-order valence-electron chi connectivity index (χ2n) is 7.33. The van der Waals surface area contributed by atoms with Crippen LogP contribution in [-0.2, 0) is 13.6 Å². The molecule has 2 N–H and O–H groups in total. The largest absolute Gasteiger partial charge is 0.354 e. The standard InChI is InChI=1S/C19H35N5.HI/c1-14(11-12-17-9-7-6-8-10-17)22-19(20-4)21-13-18-15(2)23-24(5)16(18)3;/h14,17H,6-13H2,1-5H3,(H2,20,21,22);1H. The molecule has 0 radical (unpaired) electrons. The Morgan fingerprint density at radius 3 is 2.52 bits per heavy atom. The van der Waals surface area contributed by atoms with E-state index in [4.69, 9.17) is 0 Å². The van der Waals surface area contributed by atoms with Crippen LogP contribution in [-0.4, -0.2) is 28.8 Å². The lowest BCUT2D eigenvalue weighted by Crippen LogP contribution is -2.42. The summed E-state index contributed by atoms with van der Waals surface area (Å²) >= 11 is 0. The van der Waals surface area contributed by atoms with Crippen LogP contribution < -0.4 is 10.6 Å². The van der Waals surface area contributed by atoms with E-state index < -0.39 is 0 Å². The normalized spacial score (nSPS) is 17.1. The summed E-state index contributed by atoms with van der Waals surface area (Å²) < 4.78 is 1.94. The minimum Gasteiger partial charge on any atom is -0.354 e. The van der Waals surface area contributed by atoms with Gasteiger partial charge in [0.05, 0.1) is 5.69 Å². The maximum absolute atomic E-state index is 4.47. The van der Waals surface area contributed by atoms with Crippen molar-refractivity contribution in [1.82, 2.24) is 20.4 Å². The molecule has 2 rings (SSSR count). The van der Waals surface area contributed by atoms with Crippen molar-refractivity contribution in [2.45, 2.75) is 78.3 Å². The van der Waals surface area contributed by atoms with Crippen LogP contribution in [0.2, 0.25) is 0 Å². The first-order valence-corrected chi connectivity index (χ1v) is 9.47. The number of guanidine groups is 1. The van der Waals surface area contributed by atoms with Crippen molar-refractivity contribution in [1.29, 1.82) is 0 Å². The Hall–Kier alpha value is -0.790. The first kappa shape index (κ1) is 22.3. The lowest BCUT2D eigenvalue weighted by atomic mass is 9.85. The number of rotatable bonds is 6. The van der Waals surface area contributed by atoms with E-state index in [9.17, 15) is 0 Å². The number of nitrogens with one attached hydrogen (secondary N) is 2. The highest BCUT2D eigenvalue weighted by Gasteiger charge is 2.15. The molecular weight excluding hydrogens is 425 g/mol. The number of aliphatic imine (C=N–C) groups is 1. The maximum Gasteiger partial charge on any atom is 0.191 e. The predicted octanol–water partition coefficient (Wildman–Crippen LogP) is 4.07. The van der Waals surface area contributed by atoms with Gasteiger partial charge in [-0.15, -0.1) is 24.0 Å². The molecule has 1 unspecified atom stereocenters. The molecule has 144 valence electrons. The van der Waals surface area contributed by atoms with Crippen LogP contribution in [0, 0.1) is 19.8 Å². The SMILES string of the molecule is CN=C(NCc1c(C)nn(C)c1C)NC(C)CCC1CCCCC1.I. The summed E-state index contributed by atoms with van der Waals surface area (Å²) in [5.41, 5.74) is 3.56. The molecule has 25 heavy (non-hydrogen) atoms. The van der Waals surface area contributed by atoms with Crippen LogP contribution in [0.15, 0.2) is 4.99 Å². The Labute approximate surface area is 170 Å². The third-order valence-electron chi connectivity index (χ3n) is 5.43. The average Bonchev–Trinajstić information content (AvgIpc) is 2.83. The first-order valence-electron chi connectivity index (χ1n) is 9.47. The summed E-state index contributed by atoms with van der Waals surface area (Å²) in [6.45, 7) is 7.20. The summed E-state index contributed by atoms with van der Waals surface area (Å²) in [5, 5.41) is 11.4. The fraction of sp³-hybridized carbons (Fsp3) is 0.789. The number of aryl methyl sites for hydroxylation is 2. The van der Waals surface area contributed by atoms with Gasteiger partial charge in [-0.1, -0.05) is 32.1 Å². The third-order valence-corrected chi connectivity index (χ3v) is 5.43. The van der Waals surface area contributed by atoms with E-state index in [0.717, 1.165) is 24.1 Å². The fourth-order valence-electron chi connectivity index (χ4n) is 3.71. The Morgan fingerprint density at radius 1 is 1.28 bits per heavy atom. The molecule has 1 aromatic heterocycles. The van der Waals surface area contributed by atoms with Crippen molar-refractivity contribution < 1.29 is 0 Å². The van der Waals surface area contributed by atoms with Gasteiger partial charge in [0.25, 0.3) is 0 Å². The zero-order valence-electron chi connectivity index (χ0n) is 16.6. The van der Waals surface area contributed by atoms with Gasteiger partial charge in [-0.3, -0.25) is 9.67 Å². The molecule has 1 saturated carbocycles. The van der Waals surface area contributed by atoms with E-state index in [1.165, 1.54) is 56.2 Å². The second kappa shape index (κ2) is 11.0. The van der Waals surface area contributed by atoms with Gasteiger partial charge in [0.15, 0.2) is 5.96 Å². The van der Waals surface area contributed by atoms with Gasteiger partial charge in [0.1, 0.15) is 0 Å². The quantitative estimate of drug-likeness (QED) is 0.382. The minimum absolute atomic E-state index is 0. The Bertz CT molecular complexity index is 546. The summed E-state index contributed by atoms with van der Waals surface area (Å²) in [6.07, 6.45) is 9.72. The molecule has 6 heteroatoms. The van der Waals surface area contributed by atoms with Gasteiger partial charge >= 0.3 is 0 Å². The molecule has 1 aromatic rings. The van der Waals surface area contributed by atoms with Gasteiger partial charge in [-0.05, 0) is 39.5 Å². The van der Waals surface area contributed by atoms with Crippen LogP contribution >= 0.6 is 24.0 Å². The van der Waals surface area contributed by atoms with E-state index in [0.29, 0.717) is 6.04 Å². The lowest BCUT2D eigenvalue weighted by Gasteiger charge is -2.24. The number of halogens is 1. The van der Waals surface area contributed by atoms with E-state index in [1.807, 2.05) is 18.8 Å². The molecule has 0 bridgehead atoms. The monoisotopic (exact) mass is 461 g/mol. The van der Waals surface area contributed by atoms with Gasteiger partial charge in [0, 0.05) is 37.9 Å². The van der Waals surface area contributed by atoms with Crippen LogP contribution in [0.25, 0.3) is 0 Å². The van der Waals surface area contributed by atoms with Crippen molar-refractivity contribution in [3.63, 3.8) is 0 Å². The molecule has 1 aliphatic rings. The molecule has 0 amide bonds. The number of hydrogen-bond acceptors (Lipinski definition) is 2. The van der Waals surface area contributed by atoms with Gasteiger partial charge < -0.3 is 10.6 Å². The van der Waals surface area contributed by atoms with Crippen molar-refractivity contribution in [2.75, 3.05) is 7.05 Å². The molecule has 0 aliphatic heterocycles.